The summed E-state index contributed by atoms with van der Waals surface area (Å²) in [5.74, 6) is -0.0917. The van der Waals surface area contributed by atoms with Gasteiger partial charge in [-0.3, -0.25) is 4.79 Å². The monoisotopic (exact) mass is 296 g/mol. The molecule has 0 aliphatic carbocycles. The van der Waals surface area contributed by atoms with Gasteiger partial charge in [-0.15, -0.1) is 0 Å². The van der Waals surface area contributed by atoms with Crippen molar-refractivity contribution in [3.8, 4) is 0 Å². The number of nitrogens with one attached hydrogen (secondary N) is 1. The van der Waals surface area contributed by atoms with Gasteiger partial charge in [-0.1, -0.05) is 23.7 Å². The first kappa shape index (κ1) is 15.3. The maximum absolute atomic E-state index is 12.3. The number of benzene rings is 1. The molecule has 2 rings (SSSR count). The van der Waals surface area contributed by atoms with Crippen molar-refractivity contribution < 1.29 is 9.53 Å². The molecular weight excluding hydrogens is 276 g/mol. The molecule has 20 heavy (non-hydrogen) atoms. The molecule has 0 aromatic heterocycles. The van der Waals surface area contributed by atoms with Crippen molar-refractivity contribution in [1.29, 1.82) is 0 Å². The van der Waals surface area contributed by atoms with Crippen molar-refractivity contribution in [3.63, 3.8) is 0 Å². The molecule has 1 aromatic rings. The van der Waals surface area contributed by atoms with Crippen LogP contribution in [-0.4, -0.2) is 24.7 Å². The minimum Gasteiger partial charge on any atom is -0.364 e. The molecule has 1 aliphatic heterocycles. The smallest absolute Gasteiger partial charge is 0.249 e. The van der Waals surface area contributed by atoms with Gasteiger partial charge in [-0.2, -0.15) is 0 Å². The van der Waals surface area contributed by atoms with E-state index in [1.54, 1.807) is 0 Å². The van der Waals surface area contributed by atoms with Crippen molar-refractivity contribution in [2.45, 2.75) is 44.4 Å². The van der Waals surface area contributed by atoms with Gasteiger partial charge in [0.25, 0.3) is 0 Å². The fourth-order valence-electron chi connectivity index (χ4n) is 2.41. The minimum absolute atomic E-state index is 0.0000296. The first-order valence-electron chi connectivity index (χ1n) is 6.86. The van der Waals surface area contributed by atoms with E-state index < -0.39 is 11.6 Å². The lowest BCUT2D eigenvalue weighted by Gasteiger charge is -2.28. The van der Waals surface area contributed by atoms with Crippen LogP contribution in [0.1, 0.15) is 32.3 Å². The predicted octanol–water partition coefficient (Wildman–Crippen LogP) is 2.20. The van der Waals surface area contributed by atoms with E-state index in [9.17, 15) is 4.79 Å². The molecule has 1 saturated heterocycles. The normalized spacial score (nSPS) is 22.8. The van der Waals surface area contributed by atoms with Gasteiger partial charge >= 0.3 is 0 Å². The summed E-state index contributed by atoms with van der Waals surface area (Å²) < 4.78 is 5.61. The number of hydrogen-bond acceptors (Lipinski definition) is 3. The number of carbonyl (C=O) groups is 1. The van der Waals surface area contributed by atoms with Gasteiger partial charge in [0, 0.05) is 11.6 Å². The van der Waals surface area contributed by atoms with Crippen LogP contribution in [0.5, 0.6) is 0 Å². The maximum Gasteiger partial charge on any atom is 0.249 e. The highest BCUT2D eigenvalue weighted by molar-refractivity contribution is 6.30. The number of hydrogen-bond donors (Lipinski definition) is 2. The van der Waals surface area contributed by atoms with Crippen LogP contribution in [0.3, 0.4) is 0 Å². The summed E-state index contributed by atoms with van der Waals surface area (Å²) in [6.45, 7) is 4.36. The molecule has 1 fully saturated rings. The van der Waals surface area contributed by atoms with Crippen molar-refractivity contribution in [3.05, 3.63) is 34.9 Å². The third-order valence-corrected chi connectivity index (χ3v) is 3.88. The SMILES string of the molecule is CC(C)(NC(=O)[C@@H]1CC[C@H](CN)O1)c1cccc(Cl)c1. The number of amides is 1. The largest absolute Gasteiger partial charge is 0.364 e. The Balaban J connectivity index is 2.03. The Morgan fingerprint density at radius 2 is 2.25 bits per heavy atom. The molecule has 0 unspecified atom stereocenters. The average Bonchev–Trinajstić information content (AvgIpc) is 2.87. The zero-order chi connectivity index (χ0) is 14.8. The molecule has 2 atom stereocenters. The molecule has 0 saturated carbocycles. The highest BCUT2D eigenvalue weighted by Crippen LogP contribution is 2.25. The summed E-state index contributed by atoms with van der Waals surface area (Å²) in [5, 5.41) is 3.68. The summed E-state index contributed by atoms with van der Waals surface area (Å²) in [4.78, 5) is 12.3. The second-order valence-corrected chi connectivity index (χ2v) is 6.12. The van der Waals surface area contributed by atoms with Crippen LogP contribution in [0.15, 0.2) is 24.3 Å². The minimum atomic E-state index is -0.494. The van der Waals surface area contributed by atoms with Gasteiger partial charge in [-0.25, -0.2) is 0 Å². The number of nitrogens with two attached hydrogens (primary N) is 1. The first-order valence-corrected chi connectivity index (χ1v) is 7.24. The summed E-state index contributed by atoms with van der Waals surface area (Å²) >= 11 is 6.00. The van der Waals surface area contributed by atoms with E-state index in [1.165, 1.54) is 0 Å². The van der Waals surface area contributed by atoms with Crippen LogP contribution in [0.25, 0.3) is 0 Å². The van der Waals surface area contributed by atoms with E-state index in [0.29, 0.717) is 11.6 Å². The molecule has 0 spiro atoms. The highest BCUT2D eigenvalue weighted by atomic mass is 35.5. The van der Waals surface area contributed by atoms with Crippen molar-refractivity contribution in [2.24, 2.45) is 5.73 Å². The summed E-state index contributed by atoms with van der Waals surface area (Å²) in [6, 6.07) is 7.50. The van der Waals surface area contributed by atoms with E-state index in [0.717, 1.165) is 18.4 Å². The summed E-state index contributed by atoms with van der Waals surface area (Å²) in [5.41, 5.74) is 6.03. The Bertz CT molecular complexity index is 491. The zero-order valence-electron chi connectivity index (χ0n) is 11.9. The second-order valence-electron chi connectivity index (χ2n) is 5.68. The van der Waals surface area contributed by atoms with E-state index in [1.807, 2.05) is 38.1 Å². The van der Waals surface area contributed by atoms with Crippen LogP contribution >= 0.6 is 11.6 Å². The molecular formula is C15H21ClN2O2. The average molecular weight is 297 g/mol. The molecule has 0 radical (unpaired) electrons. The van der Waals surface area contributed by atoms with Crippen LogP contribution in [0.2, 0.25) is 5.02 Å². The Labute approximate surface area is 124 Å². The third-order valence-electron chi connectivity index (χ3n) is 3.64. The van der Waals surface area contributed by atoms with Crippen LogP contribution < -0.4 is 11.1 Å². The molecule has 1 amide bonds. The third kappa shape index (κ3) is 3.51. The summed E-state index contributed by atoms with van der Waals surface area (Å²) in [6.07, 6.45) is 1.16. The predicted molar refractivity (Wildman–Crippen MR) is 79.6 cm³/mol. The molecule has 4 nitrogen and oxygen atoms in total. The van der Waals surface area contributed by atoms with Gasteiger partial charge in [0.2, 0.25) is 5.91 Å². The molecule has 110 valence electrons. The lowest BCUT2D eigenvalue weighted by atomic mass is 9.94. The summed E-state index contributed by atoms with van der Waals surface area (Å²) in [7, 11) is 0. The van der Waals surface area contributed by atoms with Gasteiger partial charge in [-0.05, 0) is 44.4 Å². The Kier molecular flexibility index (Phi) is 4.68. The quantitative estimate of drug-likeness (QED) is 0.895. The Morgan fingerprint density at radius 1 is 1.50 bits per heavy atom. The lowest BCUT2D eigenvalue weighted by molar-refractivity contribution is -0.133. The highest BCUT2D eigenvalue weighted by Gasteiger charge is 2.33. The Hall–Kier alpha value is -1.10. The molecule has 1 aromatic carbocycles. The number of carbonyl (C=O) groups excluding carboxylic acids is 1. The molecule has 3 N–H and O–H groups in total. The number of rotatable bonds is 4. The van der Waals surface area contributed by atoms with Crippen molar-refractivity contribution in [2.75, 3.05) is 6.54 Å². The zero-order valence-corrected chi connectivity index (χ0v) is 12.6. The lowest BCUT2D eigenvalue weighted by Crippen LogP contribution is -2.46. The van der Waals surface area contributed by atoms with Gasteiger partial charge in [0.1, 0.15) is 6.10 Å². The van der Waals surface area contributed by atoms with E-state index in [-0.39, 0.29) is 12.0 Å². The fourth-order valence-corrected chi connectivity index (χ4v) is 2.60. The van der Waals surface area contributed by atoms with Gasteiger partial charge in [0.05, 0.1) is 11.6 Å². The van der Waals surface area contributed by atoms with E-state index in [2.05, 4.69) is 5.32 Å². The van der Waals surface area contributed by atoms with Crippen molar-refractivity contribution in [1.82, 2.24) is 5.32 Å². The van der Waals surface area contributed by atoms with E-state index in [4.69, 9.17) is 22.1 Å². The molecule has 0 bridgehead atoms. The molecule has 5 heteroatoms. The second kappa shape index (κ2) is 6.12. The topological polar surface area (TPSA) is 64.4 Å². The van der Waals surface area contributed by atoms with Gasteiger partial charge < -0.3 is 15.8 Å². The fraction of sp³-hybridized carbons (Fsp3) is 0.533. The van der Waals surface area contributed by atoms with Gasteiger partial charge in [0.15, 0.2) is 0 Å². The van der Waals surface area contributed by atoms with E-state index >= 15 is 0 Å². The number of halogens is 1. The maximum atomic E-state index is 12.3. The Morgan fingerprint density at radius 3 is 2.85 bits per heavy atom. The van der Waals surface area contributed by atoms with Crippen LogP contribution in [0, 0.1) is 0 Å². The standard InChI is InChI=1S/C15H21ClN2O2/c1-15(2,10-4-3-5-11(16)8-10)18-14(19)13-7-6-12(9-17)20-13/h3-5,8,12-13H,6-7,9,17H2,1-2H3,(H,18,19)/t12-,13+/m1/s1. The molecule has 1 aliphatic rings. The van der Waals surface area contributed by atoms with Crippen LogP contribution in [0.4, 0.5) is 0 Å². The molecule has 1 heterocycles. The number of ether oxygens (including phenoxy) is 1. The van der Waals surface area contributed by atoms with Crippen LogP contribution in [-0.2, 0) is 15.1 Å². The first-order chi connectivity index (χ1) is 9.42. The van der Waals surface area contributed by atoms with Crippen molar-refractivity contribution >= 4 is 17.5 Å².